The lowest BCUT2D eigenvalue weighted by Gasteiger charge is -2.12. The Balaban J connectivity index is 1.90. The fraction of sp³-hybridized carbons (Fsp3) is 0.409. The van der Waals surface area contributed by atoms with Crippen LogP contribution in [-0.2, 0) is 6.54 Å². The minimum Gasteiger partial charge on any atom is -0.490 e. The predicted molar refractivity (Wildman–Crippen MR) is 113 cm³/mol. The molecule has 27 heavy (non-hydrogen) atoms. The SMILES string of the molecule is CCCCCCCOc1c(Cl)cc(C(=O)NCc2ccc(C)cc2)cc1Cl. The van der Waals surface area contributed by atoms with Crippen LogP contribution in [0.25, 0.3) is 0 Å². The van der Waals surface area contributed by atoms with Gasteiger partial charge in [0.25, 0.3) is 5.91 Å². The van der Waals surface area contributed by atoms with Crippen molar-refractivity contribution in [2.75, 3.05) is 6.61 Å². The first kappa shape index (κ1) is 21.6. The number of benzene rings is 2. The summed E-state index contributed by atoms with van der Waals surface area (Å²) in [4.78, 5) is 12.4. The summed E-state index contributed by atoms with van der Waals surface area (Å²) in [6.07, 6.45) is 5.76. The van der Waals surface area contributed by atoms with Crippen LogP contribution in [0.4, 0.5) is 0 Å². The van der Waals surface area contributed by atoms with E-state index in [1.165, 1.54) is 24.8 Å². The molecular weight excluding hydrogens is 381 g/mol. The second kappa shape index (κ2) is 11.2. The number of aryl methyl sites for hydroxylation is 1. The molecule has 1 N–H and O–H groups in total. The van der Waals surface area contributed by atoms with Gasteiger partial charge in [-0.1, -0.05) is 85.6 Å². The Morgan fingerprint density at radius 3 is 2.26 bits per heavy atom. The van der Waals surface area contributed by atoms with Gasteiger partial charge in [0.15, 0.2) is 5.75 Å². The summed E-state index contributed by atoms with van der Waals surface area (Å²) in [6, 6.07) is 11.2. The summed E-state index contributed by atoms with van der Waals surface area (Å²) >= 11 is 12.6. The van der Waals surface area contributed by atoms with E-state index < -0.39 is 0 Å². The molecule has 0 aliphatic carbocycles. The van der Waals surface area contributed by atoms with E-state index in [4.69, 9.17) is 27.9 Å². The molecule has 0 fully saturated rings. The molecule has 0 unspecified atom stereocenters. The highest BCUT2D eigenvalue weighted by molar-refractivity contribution is 6.37. The highest BCUT2D eigenvalue weighted by atomic mass is 35.5. The minimum absolute atomic E-state index is 0.217. The standard InChI is InChI=1S/C22H27Cl2NO2/c1-3-4-5-6-7-12-27-21-19(23)13-18(14-20(21)24)22(26)25-15-17-10-8-16(2)9-11-17/h8-11,13-14H,3-7,12,15H2,1-2H3,(H,25,26). The predicted octanol–water partition coefficient (Wildman–Crippen LogP) is 6.58. The average molecular weight is 408 g/mol. The average Bonchev–Trinajstić information content (AvgIpc) is 2.65. The molecule has 2 aromatic carbocycles. The van der Waals surface area contributed by atoms with E-state index in [1.807, 2.05) is 31.2 Å². The van der Waals surface area contributed by atoms with Crippen LogP contribution in [0, 0.1) is 6.92 Å². The molecule has 146 valence electrons. The van der Waals surface area contributed by atoms with E-state index in [9.17, 15) is 4.79 Å². The summed E-state index contributed by atoms with van der Waals surface area (Å²) in [5.41, 5.74) is 2.64. The molecule has 0 heterocycles. The van der Waals surface area contributed by atoms with Crippen molar-refractivity contribution in [3.05, 3.63) is 63.1 Å². The molecule has 3 nitrogen and oxygen atoms in total. The van der Waals surface area contributed by atoms with Crippen LogP contribution < -0.4 is 10.1 Å². The zero-order chi connectivity index (χ0) is 19.6. The minimum atomic E-state index is -0.217. The summed E-state index contributed by atoms with van der Waals surface area (Å²) in [7, 11) is 0. The van der Waals surface area contributed by atoms with Crippen molar-refractivity contribution in [2.45, 2.75) is 52.5 Å². The number of hydrogen-bond donors (Lipinski definition) is 1. The molecule has 2 rings (SSSR count). The monoisotopic (exact) mass is 407 g/mol. The Morgan fingerprint density at radius 2 is 1.63 bits per heavy atom. The van der Waals surface area contributed by atoms with E-state index in [1.54, 1.807) is 12.1 Å². The Kier molecular flexibility index (Phi) is 8.96. The van der Waals surface area contributed by atoms with Crippen molar-refractivity contribution in [3.63, 3.8) is 0 Å². The molecule has 0 aliphatic heterocycles. The maximum absolute atomic E-state index is 12.4. The van der Waals surface area contributed by atoms with Gasteiger partial charge in [0, 0.05) is 12.1 Å². The van der Waals surface area contributed by atoms with Crippen LogP contribution in [0.1, 0.15) is 60.5 Å². The van der Waals surface area contributed by atoms with Gasteiger partial charge in [0.2, 0.25) is 0 Å². The van der Waals surface area contributed by atoms with Gasteiger partial charge < -0.3 is 10.1 Å². The maximum Gasteiger partial charge on any atom is 0.251 e. The van der Waals surface area contributed by atoms with E-state index >= 15 is 0 Å². The molecule has 0 aliphatic rings. The number of hydrogen-bond acceptors (Lipinski definition) is 2. The first-order chi connectivity index (χ1) is 13.0. The zero-order valence-corrected chi connectivity index (χ0v) is 17.5. The van der Waals surface area contributed by atoms with Crippen LogP contribution in [-0.4, -0.2) is 12.5 Å². The normalized spacial score (nSPS) is 10.7. The molecule has 5 heteroatoms. The third-order valence-electron chi connectivity index (χ3n) is 4.33. The molecule has 0 radical (unpaired) electrons. The summed E-state index contributed by atoms with van der Waals surface area (Å²) in [6.45, 7) is 5.24. The Morgan fingerprint density at radius 1 is 1.00 bits per heavy atom. The van der Waals surface area contributed by atoms with Gasteiger partial charge in [-0.15, -0.1) is 0 Å². The smallest absolute Gasteiger partial charge is 0.251 e. The van der Waals surface area contributed by atoms with Crippen molar-refractivity contribution < 1.29 is 9.53 Å². The van der Waals surface area contributed by atoms with Gasteiger partial charge in [-0.3, -0.25) is 4.79 Å². The quantitative estimate of drug-likeness (QED) is 0.451. The number of amides is 1. The number of unbranched alkanes of at least 4 members (excludes halogenated alkanes) is 4. The molecule has 0 saturated carbocycles. The van der Waals surface area contributed by atoms with Gasteiger partial charge in [0.1, 0.15) is 0 Å². The zero-order valence-electron chi connectivity index (χ0n) is 16.0. The van der Waals surface area contributed by atoms with Crippen LogP contribution in [0.3, 0.4) is 0 Å². The first-order valence-corrected chi connectivity index (χ1v) is 10.2. The lowest BCUT2D eigenvalue weighted by atomic mass is 10.1. The van der Waals surface area contributed by atoms with Gasteiger partial charge in [-0.05, 0) is 31.0 Å². The first-order valence-electron chi connectivity index (χ1n) is 9.47. The van der Waals surface area contributed by atoms with Crippen LogP contribution in [0.2, 0.25) is 10.0 Å². The number of rotatable bonds is 10. The molecular formula is C22H27Cl2NO2. The largest absolute Gasteiger partial charge is 0.490 e. The Bertz CT molecular complexity index is 721. The van der Waals surface area contributed by atoms with Crippen molar-refractivity contribution in [1.82, 2.24) is 5.32 Å². The Labute approximate surface area is 172 Å². The third kappa shape index (κ3) is 7.08. The van der Waals surface area contributed by atoms with Crippen LogP contribution in [0.15, 0.2) is 36.4 Å². The van der Waals surface area contributed by atoms with Crippen LogP contribution in [0.5, 0.6) is 5.75 Å². The molecule has 2 aromatic rings. The molecule has 1 amide bonds. The highest BCUT2D eigenvalue weighted by Crippen LogP contribution is 2.34. The fourth-order valence-electron chi connectivity index (χ4n) is 2.70. The number of halogens is 2. The van der Waals surface area contributed by atoms with Gasteiger partial charge >= 0.3 is 0 Å². The maximum atomic E-state index is 12.4. The van der Waals surface area contributed by atoms with E-state index in [0.717, 1.165) is 18.4 Å². The van der Waals surface area contributed by atoms with Crippen molar-refractivity contribution in [1.29, 1.82) is 0 Å². The summed E-state index contributed by atoms with van der Waals surface area (Å²) in [5, 5.41) is 3.60. The topological polar surface area (TPSA) is 38.3 Å². The molecule has 0 aromatic heterocycles. The fourth-order valence-corrected chi connectivity index (χ4v) is 3.30. The number of carbonyl (C=O) groups is 1. The number of ether oxygens (including phenoxy) is 1. The van der Waals surface area contributed by atoms with Gasteiger partial charge in [-0.2, -0.15) is 0 Å². The van der Waals surface area contributed by atoms with Crippen molar-refractivity contribution in [3.8, 4) is 5.75 Å². The van der Waals surface area contributed by atoms with Crippen LogP contribution >= 0.6 is 23.2 Å². The van der Waals surface area contributed by atoms with E-state index in [0.29, 0.717) is 34.5 Å². The second-order valence-electron chi connectivity index (χ2n) is 6.70. The van der Waals surface area contributed by atoms with Crippen molar-refractivity contribution in [2.24, 2.45) is 0 Å². The highest BCUT2D eigenvalue weighted by Gasteiger charge is 2.14. The molecule has 0 spiro atoms. The summed E-state index contributed by atoms with van der Waals surface area (Å²) < 4.78 is 5.73. The molecule has 0 atom stereocenters. The van der Waals surface area contributed by atoms with Crippen molar-refractivity contribution >= 4 is 29.1 Å². The number of nitrogens with one attached hydrogen (secondary N) is 1. The molecule has 0 bridgehead atoms. The Hall–Kier alpha value is -1.71. The third-order valence-corrected chi connectivity index (χ3v) is 4.89. The van der Waals surface area contributed by atoms with Gasteiger partial charge in [0.05, 0.1) is 16.7 Å². The number of carbonyl (C=O) groups excluding carboxylic acids is 1. The lowest BCUT2D eigenvalue weighted by Crippen LogP contribution is -2.22. The lowest BCUT2D eigenvalue weighted by molar-refractivity contribution is 0.0951. The second-order valence-corrected chi connectivity index (χ2v) is 7.51. The van der Waals surface area contributed by atoms with E-state index in [2.05, 4.69) is 12.2 Å². The molecule has 0 saturated heterocycles. The summed E-state index contributed by atoms with van der Waals surface area (Å²) in [5.74, 6) is 0.231. The van der Waals surface area contributed by atoms with Gasteiger partial charge in [-0.25, -0.2) is 0 Å². The van der Waals surface area contributed by atoms with E-state index in [-0.39, 0.29) is 5.91 Å².